The molecule has 1 heterocycles. The molecule has 23 heavy (non-hydrogen) atoms. The zero-order chi connectivity index (χ0) is 17.4. The van der Waals surface area contributed by atoms with Crippen LogP contribution in [0.25, 0.3) is 0 Å². The molecule has 1 aliphatic rings. The van der Waals surface area contributed by atoms with Crippen molar-refractivity contribution in [1.29, 1.82) is 0 Å². The Morgan fingerprint density at radius 3 is 2.30 bits per heavy atom. The first-order chi connectivity index (χ1) is 10.6. The standard InChI is InChI=1S/C17H25N3O3/c1-16(2,3)23-15(22)20-11-10-19(5)14(21)17(20,4)12-6-8-13(18)9-7-12/h6-9H,10-11,18H2,1-5H3. The van der Waals surface area contributed by atoms with E-state index in [1.54, 1.807) is 43.1 Å². The fraction of sp³-hybridized carbons (Fsp3) is 0.529. The Labute approximate surface area is 137 Å². The number of nitrogen functional groups attached to an aromatic ring is 1. The van der Waals surface area contributed by atoms with Crippen molar-refractivity contribution in [2.24, 2.45) is 0 Å². The van der Waals surface area contributed by atoms with E-state index in [0.717, 1.165) is 0 Å². The van der Waals surface area contributed by atoms with Crippen LogP contribution in [0, 0.1) is 0 Å². The minimum atomic E-state index is -1.11. The first-order valence-electron chi connectivity index (χ1n) is 7.68. The molecule has 126 valence electrons. The number of nitrogens with two attached hydrogens (primary N) is 1. The number of anilines is 1. The molecule has 0 radical (unpaired) electrons. The molecule has 2 amide bonds. The van der Waals surface area contributed by atoms with Gasteiger partial charge in [-0.05, 0) is 45.4 Å². The molecule has 0 saturated carbocycles. The molecule has 1 fully saturated rings. The third-order valence-electron chi connectivity index (χ3n) is 4.05. The summed E-state index contributed by atoms with van der Waals surface area (Å²) in [6.45, 7) is 8.07. The summed E-state index contributed by atoms with van der Waals surface area (Å²) in [4.78, 5) is 28.6. The Balaban J connectivity index is 2.45. The fourth-order valence-corrected chi connectivity index (χ4v) is 2.74. The quantitative estimate of drug-likeness (QED) is 0.805. The van der Waals surface area contributed by atoms with Gasteiger partial charge in [0, 0.05) is 25.8 Å². The second-order valence-electron chi connectivity index (χ2n) is 7.05. The Bertz CT molecular complexity index is 607. The molecule has 1 aliphatic heterocycles. The van der Waals surface area contributed by atoms with Crippen LogP contribution in [0.4, 0.5) is 10.5 Å². The number of benzene rings is 1. The summed E-state index contributed by atoms with van der Waals surface area (Å²) >= 11 is 0. The molecular formula is C17H25N3O3. The monoisotopic (exact) mass is 319 g/mol. The highest BCUT2D eigenvalue weighted by atomic mass is 16.6. The van der Waals surface area contributed by atoms with Crippen LogP contribution in [0.5, 0.6) is 0 Å². The van der Waals surface area contributed by atoms with Crippen molar-refractivity contribution in [1.82, 2.24) is 9.80 Å². The summed E-state index contributed by atoms with van der Waals surface area (Å²) in [5.74, 6) is -0.139. The molecule has 1 aromatic carbocycles. The second-order valence-corrected chi connectivity index (χ2v) is 7.05. The van der Waals surface area contributed by atoms with Gasteiger partial charge in [0.05, 0.1) is 0 Å². The summed E-state index contributed by atoms with van der Waals surface area (Å²) in [6, 6.07) is 7.03. The van der Waals surface area contributed by atoms with Crippen LogP contribution in [0.15, 0.2) is 24.3 Å². The number of rotatable bonds is 1. The van der Waals surface area contributed by atoms with E-state index < -0.39 is 17.2 Å². The lowest BCUT2D eigenvalue weighted by molar-refractivity contribution is -0.148. The number of carbonyl (C=O) groups is 2. The average molecular weight is 319 g/mol. The van der Waals surface area contributed by atoms with Crippen molar-refractivity contribution >= 4 is 17.7 Å². The van der Waals surface area contributed by atoms with Gasteiger partial charge < -0.3 is 15.4 Å². The van der Waals surface area contributed by atoms with Gasteiger partial charge in [0.2, 0.25) is 0 Å². The van der Waals surface area contributed by atoms with Crippen LogP contribution in [-0.4, -0.2) is 47.5 Å². The van der Waals surface area contributed by atoms with Gasteiger partial charge in [-0.2, -0.15) is 0 Å². The maximum absolute atomic E-state index is 12.9. The molecule has 2 rings (SSSR count). The minimum Gasteiger partial charge on any atom is -0.444 e. The molecule has 2 N–H and O–H groups in total. The van der Waals surface area contributed by atoms with E-state index in [2.05, 4.69) is 0 Å². The Kier molecular flexibility index (Phi) is 4.28. The van der Waals surface area contributed by atoms with Gasteiger partial charge in [-0.1, -0.05) is 12.1 Å². The van der Waals surface area contributed by atoms with E-state index in [1.165, 1.54) is 4.90 Å². The van der Waals surface area contributed by atoms with Crippen molar-refractivity contribution in [2.75, 3.05) is 25.9 Å². The van der Waals surface area contributed by atoms with Gasteiger partial charge >= 0.3 is 6.09 Å². The number of amides is 2. The van der Waals surface area contributed by atoms with Crippen molar-refractivity contribution in [3.63, 3.8) is 0 Å². The van der Waals surface area contributed by atoms with Crippen molar-refractivity contribution in [2.45, 2.75) is 38.8 Å². The summed E-state index contributed by atoms with van der Waals surface area (Å²) in [6.07, 6.45) is -0.488. The van der Waals surface area contributed by atoms with Crippen LogP contribution in [0.2, 0.25) is 0 Å². The lowest BCUT2D eigenvalue weighted by Crippen LogP contribution is -2.63. The second kappa shape index (κ2) is 5.76. The molecule has 1 aromatic rings. The number of hydrogen-bond donors (Lipinski definition) is 1. The van der Waals surface area contributed by atoms with Crippen LogP contribution in [0.1, 0.15) is 33.3 Å². The molecule has 6 heteroatoms. The van der Waals surface area contributed by atoms with Gasteiger partial charge in [0.25, 0.3) is 5.91 Å². The topological polar surface area (TPSA) is 75.9 Å². The highest BCUT2D eigenvalue weighted by Crippen LogP contribution is 2.34. The van der Waals surface area contributed by atoms with Gasteiger partial charge in [0.1, 0.15) is 11.1 Å². The van der Waals surface area contributed by atoms with Crippen LogP contribution < -0.4 is 5.73 Å². The molecular weight excluding hydrogens is 294 g/mol. The fourth-order valence-electron chi connectivity index (χ4n) is 2.74. The van der Waals surface area contributed by atoms with Crippen LogP contribution in [0.3, 0.4) is 0 Å². The highest BCUT2D eigenvalue weighted by Gasteiger charge is 2.49. The summed E-state index contributed by atoms with van der Waals surface area (Å²) in [5.41, 5.74) is 5.34. The number of nitrogens with zero attached hydrogens (tertiary/aromatic N) is 2. The smallest absolute Gasteiger partial charge is 0.411 e. The number of carbonyl (C=O) groups excluding carboxylic acids is 2. The highest BCUT2D eigenvalue weighted by molar-refractivity contribution is 5.92. The SMILES string of the molecule is CN1CCN(C(=O)OC(C)(C)C)C(C)(c2ccc(N)cc2)C1=O. The van der Waals surface area contributed by atoms with Crippen LogP contribution in [-0.2, 0) is 15.1 Å². The average Bonchev–Trinajstić information content (AvgIpc) is 2.43. The van der Waals surface area contributed by atoms with Gasteiger partial charge in [0.15, 0.2) is 0 Å². The maximum atomic E-state index is 12.9. The van der Waals surface area contributed by atoms with E-state index in [0.29, 0.717) is 24.3 Å². The number of likely N-dealkylation sites (N-methyl/N-ethyl adjacent to an activating group) is 1. The van der Waals surface area contributed by atoms with Crippen molar-refractivity contribution in [3.8, 4) is 0 Å². The predicted molar refractivity (Wildman–Crippen MR) is 88.8 cm³/mol. The zero-order valence-electron chi connectivity index (χ0n) is 14.4. The van der Waals surface area contributed by atoms with E-state index in [9.17, 15) is 9.59 Å². The molecule has 0 aromatic heterocycles. The predicted octanol–water partition coefficient (Wildman–Crippen LogP) is 2.19. The number of hydrogen-bond acceptors (Lipinski definition) is 4. The van der Waals surface area contributed by atoms with Crippen molar-refractivity contribution < 1.29 is 14.3 Å². The molecule has 0 spiro atoms. The van der Waals surface area contributed by atoms with Crippen LogP contribution >= 0.6 is 0 Å². The first-order valence-corrected chi connectivity index (χ1v) is 7.68. The summed E-state index contributed by atoms with van der Waals surface area (Å²) in [7, 11) is 1.74. The first kappa shape index (κ1) is 17.1. The lowest BCUT2D eigenvalue weighted by Gasteiger charge is -2.46. The zero-order valence-corrected chi connectivity index (χ0v) is 14.4. The maximum Gasteiger partial charge on any atom is 0.411 e. The number of piperazine rings is 1. The Morgan fingerprint density at radius 2 is 1.78 bits per heavy atom. The largest absolute Gasteiger partial charge is 0.444 e. The lowest BCUT2D eigenvalue weighted by atomic mass is 9.86. The van der Waals surface area contributed by atoms with E-state index in [-0.39, 0.29) is 5.91 Å². The normalized spacial score (nSPS) is 22.2. The number of ether oxygens (including phenoxy) is 1. The van der Waals surface area contributed by atoms with Gasteiger partial charge in [-0.25, -0.2) is 4.79 Å². The molecule has 0 aliphatic carbocycles. The van der Waals surface area contributed by atoms with Gasteiger partial charge in [-0.15, -0.1) is 0 Å². The molecule has 1 saturated heterocycles. The summed E-state index contributed by atoms with van der Waals surface area (Å²) < 4.78 is 5.49. The van der Waals surface area contributed by atoms with Gasteiger partial charge in [-0.3, -0.25) is 9.69 Å². The Morgan fingerprint density at radius 1 is 1.22 bits per heavy atom. The third kappa shape index (κ3) is 3.25. The van der Waals surface area contributed by atoms with Crippen molar-refractivity contribution in [3.05, 3.63) is 29.8 Å². The molecule has 0 bridgehead atoms. The third-order valence-corrected chi connectivity index (χ3v) is 4.05. The summed E-state index contributed by atoms with van der Waals surface area (Å²) in [5, 5.41) is 0. The minimum absolute atomic E-state index is 0.139. The molecule has 1 atom stereocenters. The van der Waals surface area contributed by atoms with E-state index in [4.69, 9.17) is 10.5 Å². The van der Waals surface area contributed by atoms with E-state index in [1.807, 2.05) is 20.8 Å². The molecule has 1 unspecified atom stereocenters. The molecule has 6 nitrogen and oxygen atoms in total. The van der Waals surface area contributed by atoms with E-state index >= 15 is 0 Å². The Hall–Kier alpha value is -2.24.